The van der Waals surface area contributed by atoms with Crippen LogP contribution in [0.2, 0.25) is 0 Å². The number of methoxy groups -OCH3 is 1. The molecule has 1 aromatic heterocycles. The van der Waals surface area contributed by atoms with E-state index in [-0.39, 0.29) is 18.1 Å². The summed E-state index contributed by atoms with van der Waals surface area (Å²) in [5.41, 5.74) is 0.509. The molecular weight excluding hydrogens is 465 g/mol. The standard InChI is InChI=1S/C28H32FNO6/c1-27(2,3)26(32)35-17-24(19-5-7-23-18(13-19)6-8-25(31)30-23)36-22-15-20(14-21(29)16-22)28(33-4)9-11-34-12-10-28/h5-8,13-16,24H,9-12,17H2,1-4H3,(H,30,31). The van der Waals surface area contributed by atoms with Gasteiger partial charge in [-0.1, -0.05) is 6.07 Å². The van der Waals surface area contributed by atoms with Crippen LogP contribution in [0.25, 0.3) is 10.9 Å². The molecule has 7 nitrogen and oxygen atoms in total. The largest absolute Gasteiger partial charge is 0.482 e. The van der Waals surface area contributed by atoms with Crippen molar-refractivity contribution in [2.24, 2.45) is 5.41 Å². The van der Waals surface area contributed by atoms with Gasteiger partial charge >= 0.3 is 5.97 Å². The number of rotatable bonds is 7. The number of H-pyrrole nitrogens is 1. The fraction of sp³-hybridized carbons (Fsp3) is 0.429. The molecule has 1 aliphatic rings. The number of halogens is 1. The topological polar surface area (TPSA) is 86.9 Å². The maximum absolute atomic E-state index is 14.8. The summed E-state index contributed by atoms with van der Waals surface area (Å²) in [6.45, 7) is 6.29. The Kier molecular flexibility index (Phi) is 7.47. The summed E-state index contributed by atoms with van der Waals surface area (Å²) < 4.78 is 37.9. The lowest BCUT2D eigenvalue weighted by molar-refractivity contribution is -0.155. The molecule has 1 saturated heterocycles. The molecule has 1 aliphatic heterocycles. The SMILES string of the molecule is COC1(c2cc(F)cc(OC(COC(=O)C(C)(C)C)c3ccc4[nH]c(=O)ccc4c3)c2)CCOCC1. The van der Waals surface area contributed by atoms with Crippen LogP contribution in [0.5, 0.6) is 5.75 Å². The fourth-order valence-electron chi connectivity index (χ4n) is 4.31. The molecule has 0 spiro atoms. The minimum absolute atomic E-state index is 0.0694. The number of benzene rings is 2. The van der Waals surface area contributed by atoms with Crippen LogP contribution in [0.15, 0.2) is 53.3 Å². The first-order valence-electron chi connectivity index (χ1n) is 12.0. The van der Waals surface area contributed by atoms with E-state index in [2.05, 4.69) is 4.98 Å². The molecule has 3 aromatic rings. The molecule has 0 saturated carbocycles. The van der Waals surface area contributed by atoms with E-state index in [1.807, 2.05) is 6.07 Å². The molecular formula is C28H32FNO6. The van der Waals surface area contributed by atoms with Gasteiger partial charge in [0, 0.05) is 50.8 Å². The minimum Gasteiger partial charge on any atom is -0.482 e. The number of esters is 1. The van der Waals surface area contributed by atoms with E-state index in [9.17, 15) is 14.0 Å². The van der Waals surface area contributed by atoms with Gasteiger partial charge in [-0.15, -0.1) is 0 Å². The summed E-state index contributed by atoms with van der Waals surface area (Å²) in [5.74, 6) is -0.528. The maximum Gasteiger partial charge on any atom is 0.311 e. The third-order valence-electron chi connectivity index (χ3n) is 6.46. The molecule has 0 amide bonds. The minimum atomic E-state index is -0.713. The summed E-state index contributed by atoms with van der Waals surface area (Å²) in [6, 6.07) is 13.1. The van der Waals surface area contributed by atoms with Gasteiger partial charge in [0.05, 0.1) is 11.0 Å². The van der Waals surface area contributed by atoms with Crippen molar-refractivity contribution in [2.45, 2.75) is 45.3 Å². The first-order valence-corrected chi connectivity index (χ1v) is 12.0. The molecule has 8 heteroatoms. The quantitative estimate of drug-likeness (QED) is 0.461. The Labute approximate surface area is 209 Å². The van der Waals surface area contributed by atoms with Gasteiger partial charge in [0.2, 0.25) is 5.56 Å². The second kappa shape index (κ2) is 10.4. The van der Waals surface area contributed by atoms with Gasteiger partial charge < -0.3 is 23.9 Å². The van der Waals surface area contributed by atoms with E-state index >= 15 is 0 Å². The predicted molar refractivity (Wildman–Crippen MR) is 133 cm³/mol. The number of pyridine rings is 1. The molecule has 4 rings (SSSR count). The summed E-state index contributed by atoms with van der Waals surface area (Å²) in [5, 5.41) is 0.795. The summed E-state index contributed by atoms with van der Waals surface area (Å²) >= 11 is 0. The number of ether oxygens (including phenoxy) is 4. The Morgan fingerprint density at radius 2 is 1.86 bits per heavy atom. The molecule has 2 heterocycles. The van der Waals surface area contributed by atoms with Gasteiger partial charge in [0.1, 0.15) is 18.2 Å². The first kappa shape index (κ1) is 25.9. The Hall–Kier alpha value is -3.23. The normalized spacial score (nSPS) is 16.5. The highest BCUT2D eigenvalue weighted by Gasteiger charge is 2.35. The van der Waals surface area contributed by atoms with Crippen molar-refractivity contribution in [3.05, 3.63) is 75.8 Å². The molecule has 0 bridgehead atoms. The van der Waals surface area contributed by atoms with Crippen molar-refractivity contribution in [2.75, 3.05) is 26.9 Å². The highest BCUT2D eigenvalue weighted by atomic mass is 19.1. The van der Waals surface area contributed by atoms with Crippen LogP contribution in [0, 0.1) is 11.2 Å². The molecule has 1 unspecified atom stereocenters. The summed E-state index contributed by atoms with van der Waals surface area (Å²) in [7, 11) is 1.62. The number of hydrogen-bond acceptors (Lipinski definition) is 6. The molecule has 1 atom stereocenters. The van der Waals surface area contributed by atoms with Crippen LogP contribution in [-0.4, -0.2) is 37.9 Å². The molecule has 0 aliphatic carbocycles. The molecule has 2 aromatic carbocycles. The number of aromatic amines is 1. The predicted octanol–water partition coefficient (Wildman–Crippen LogP) is 5.03. The van der Waals surface area contributed by atoms with Crippen molar-refractivity contribution in [1.82, 2.24) is 4.98 Å². The van der Waals surface area contributed by atoms with E-state index in [1.165, 1.54) is 18.2 Å². The molecule has 0 radical (unpaired) electrons. The van der Waals surface area contributed by atoms with Crippen molar-refractivity contribution >= 4 is 16.9 Å². The van der Waals surface area contributed by atoms with E-state index in [4.69, 9.17) is 18.9 Å². The fourth-order valence-corrected chi connectivity index (χ4v) is 4.31. The zero-order valence-electron chi connectivity index (χ0n) is 21.1. The monoisotopic (exact) mass is 497 g/mol. The van der Waals surface area contributed by atoms with Crippen LogP contribution >= 0.6 is 0 Å². The highest BCUT2D eigenvalue weighted by Crippen LogP contribution is 2.38. The second-order valence-corrected chi connectivity index (χ2v) is 10.1. The Morgan fingerprint density at radius 1 is 1.11 bits per heavy atom. The number of fused-ring (bicyclic) bond motifs is 1. The van der Waals surface area contributed by atoms with Crippen molar-refractivity contribution < 1.29 is 28.1 Å². The number of hydrogen-bond donors (Lipinski definition) is 1. The van der Waals surface area contributed by atoms with Gasteiger partial charge in [-0.25, -0.2) is 4.39 Å². The van der Waals surface area contributed by atoms with Gasteiger partial charge in [-0.3, -0.25) is 9.59 Å². The van der Waals surface area contributed by atoms with Crippen molar-refractivity contribution in [1.29, 1.82) is 0 Å². The average Bonchev–Trinajstić information content (AvgIpc) is 2.85. The van der Waals surface area contributed by atoms with E-state index in [1.54, 1.807) is 52.1 Å². The van der Waals surface area contributed by atoms with Crippen molar-refractivity contribution in [3.63, 3.8) is 0 Å². The Morgan fingerprint density at radius 3 is 2.56 bits per heavy atom. The van der Waals surface area contributed by atoms with E-state index in [0.29, 0.717) is 42.9 Å². The molecule has 1 N–H and O–H groups in total. The average molecular weight is 498 g/mol. The van der Waals surface area contributed by atoms with Crippen LogP contribution in [-0.2, 0) is 24.6 Å². The lowest BCUT2D eigenvalue weighted by Gasteiger charge is -2.36. The van der Waals surface area contributed by atoms with Gasteiger partial charge in [-0.05, 0) is 67.6 Å². The molecule has 36 heavy (non-hydrogen) atoms. The smallest absolute Gasteiger partial charge is 0.311 e. The van der Waals surface area contributed by atoms with Crippen LogP contribution in [0.3, 0.4) is 0 Å². The maximum atomic E-state index is 14.8. The first-order chi connectivity index (χ1) is 17.1. The Balaban J connectivity index is 1.68. The lowest BCUT2D eigenvalue weighted by Crippen LogP contribution is -2.35. The van der Waals surface area contributed by atoms with Crippen LogP contribution in [0.4, 0.5) is 4.39 Å². The van der Waals surface area contributed by atoms with Gasteiger partial charge in [0.25, 0.3) is 0 Å². The van der Waals surface area contributed by atoms with E-state index in [0.717, 1.165) is 10.9 Å². The van der Waals surface area contributed by atoms with E-state index < -0.39 is 22.9 Å². The number of carbonyl (C=O) groups excluding carboxylic acids is 1. The second-order valence-electron chi connectivity index (χ2n) is 10.1. The van der Waals surface area contributed by atoms with Crippen LogP contribution < -0.4 is 10.3 Å². The van der Waals surface area contributed by atoms with Gasteiger partial charge in [-0.2, -0.15) is 0 Å². The van der Waals surface area contributed by atoms with Gasteiger partial charge in [0.15, 0.2) is 6.10 Å². The van der Waals surface area contributed by atoms with Crippen LogP contribution in [0.1, 0.15) is 50.8 Å². The summed E-state index contributed by atoms with van der Waals surface area (Å²) in [4.78, 5) is 26.9. The highest BCUT2D eigenvalue weighted by molar-refractivity contribution is 5.79. The number of aromatic nitrogens is 1. The number of carbonyl (C=O) groups is 1. The molecule has 1 fully saturated rings. The third kappa shape index (κ3) is 5.77. The summed E-state index contributed by atoms with van der Waals surface area (Å²) in [6.07, 6.45) is 0.486. The zero-order chi connectivity index (χ0) is 25.9. The third-order valence-corrected chi connectivity index (χ3v) is 6.46. The Bertz CT molecular complexity index is 1290. The zero-order valence-corrected chi connectivity index (χ0v) is 21.1. The molecule has 192 valence electrons. The van der Waals surface area contributed by atoms with Crippen molar-refractivity contribution in [3.8, 4) is 5.75 Å². The lowest BCUT2D eigenvalue weighted by atomic mass is 9.86. The number of nitrogens with one attached hydrogen (secondary N) is 1.